The molecule has 0 fully saturated rings. The Hall–Kier alpha value is -3.03. The minimum Gasteiger partial charge on any atom is -0.377 e. The van der Waals surface area contributed by atoms with Gasteiger partial charge in [0.05, 0.1) is 6.04 Å². The molecule has 2 aliphatic heterocycles. The van der Waals surface area contributed by atoms with Crippen LogP contribution in [0.3, 0.4) is 0 Å². The molecule has 0 spiro atoms. The molecule has 7 heteroatoms. The highest BCUT2D eigenvalue weighted by Crippen LogP contribution is 2.25. The van der Waals surface area contributed by atoms with Gasteiger partial charge in [0, 0.05) is 44.8 Å². The van der Waals surface area contributed by atoms with E-state index in [0.29, 0.717) is 26.1 Å². The van der Waals surface area contributed by atoms with Crippen LogP contribution in [0.25, 0.3) is 5.57 Å². The minimum atomic E-state index is -0.222. The van der Waals surface area contributed by atoms with Gasteiger partial charge in [-0.15, -0.1) is 0 Å². The molecule has 0 saturated carbocycles. The van der Waals surface area contributed by atoms with E-state index in [4.69, 9.17) is 4.74 Å². The van der Waals surface area contributed by atoms with Crippen molar-refractivity contribution in [2.45, 2.75) is 25.6 Å². The highest BCUT2D eigenvalue weighted by Gasteiger charge is 2.24. The number of aromatic nitrogens is 1. The largest absolute Gasteiger partial charge is 0.377 e. The number of carbonyl (C=O) groups excluding carboxylic acids is 2. The van der Waals surface area contributed by atoms with E-state index in [0.717, 1.165) is 28.0 Å². The van der Waals surface area contributed by atoms with Gasteiger partial charge in [-0.3, -0.25) is 9.78 Å². The van der Waals surface area contributed by atoms with E-state index in [1.807, 2.05) is 36.5 Å². The highest BCUT2D eigenvalue weighted by molar-refractivity contribution is 5.90. The number of anilines is 1. The first-order chi connectivity index (χ1) is 14.1. The molecule has 1 unspecified atom stereocenters. The van der Waals surface area contributed by atoms with Gasteiger partial charge in [-0.2, -0.15) is 0 Å². The number of carbonyl (C=O) groups is 2. The Bertz CT molecular complexity index is 914. The zero-order chi connectivity index (χ0) is 20.2. The number of urea groups is 1. The number of amides is 2. The van der Waals surface area contributed by atoms with Crippen molar-refractivity contribution in [1.29, 1.82) is 0 Å². The fraction of sp³-hybridized carbons (Fsp3) is 0.318. The molecule has 2 N–H and O–H groups in total. The van der Waals surface area contributed by atoms with Gasteiger partial charge in [-0.1, -0.05) is 18.2 Å². The number of rotatable bonds is 5. The first-order valence-corrected chi connectivity index (χ1v) is 9.66. The van der Waals surface area contributed by atoms with Crippen molar-refractivity contribution in [3.63, 3.8) is 0 Å². The highest BCUT2D eigenvalue weighted by atomic mass is 16.5. The van der Waals surface area contributed by atoms with Crippen molar-refractivity contribution in [3.05, 3.63) is 65.5 Å². The quantitative estimate of drug-likeness (QED) is 0.817. The van der Waals surface area contributed by atoms with Crippen LogP contribution in [0.15, 0.2) is 48.8 Å². The predicted molar refractivity (Wildman–Crippen MR) is 110 cm³/mol. The van der Waals surface area contributed by atoms with Gasteiger partial charge in [-0.25, -0.2) is 4.79 Å². The Labute approximate surface area is 169 Å². The van der Waals surface area contributed by atoms with Crippen molar-refractivity contribution < 1.29 is 14.3 Å². The normalized spacial score (nSPS) is 18.2. The van der Waals surface area contributed by atoms with Crippen LogP contribution < -0.4 is 10.6 Å². The lowest BCUT2D eigenvalue weighted by Gasteiger charge is -2.23. The number of fused-ring (bicyclic) bond motifs is 1. The summed E-state index contributed by atoms with van der Waals surface area (Å²) in [6.07, 6.45) is 6.30. The summed E-state index contributed by atoms with van der Waals surface area (Å²) in [4.78, 5) is 30.5. The van der Waals surface area contributed by atoms with Crippen molar-refractivity contribution in [2.24, 2.45) is 0 Å². The van der Waals surface area contributed by atoms with Crippen LogP contribution in [-0.4, -0.2) is 48.0 Å². The standard InChI is InChI=1S/C22H24N4O3/c1-29-14-21(27)20-10-16(7-9-24-20)15-2-4-19(5-3-15)25-22(28)26-12-17-6-8-23-11-18(17)13-26/h2-8,11,20,24H,9-10,12-14H2,1H3,(H,25,28). The fourth-order valence-electron chi connectivity index (χ4n) is 3.74. The molecule has 0 saturated heterocycles. The Kier molecular flexibility index (Phi) is 5.69. The molecular weight excluding hydrogens is 368 g/mol. The van der Waals surface area contributed by atoms with E-state index in [1.165, 1.54) is 7.11 Å². The van der Waals surface area contributed by atoms with Crippen LogP contribution in [0.1, 0.15) is 23.1 Å². The lowest BCUT2D eigenvalue weighted by atomic mass is 9.93. The number of nitrogens with one attached hydrogen (secondary N) is 2. The molecule has 3 heterocycles. The van der Waals surface area contributed by atoms with Gasteiger partial charge in [0.1, 0.15) is 6.61 Å². The molecule has 4 rings (SSSR count). The number of hydrogen-bond donors (Lipinski definition) is 2. The molecule has 2 aromatic rings. The topological polar surface area (TPSA) is 83.6 Å². The average Bonchev–Trinajstić information content (AvgIpc) is 3.19. The second-order valence-electron chi connectivity index (χ2n) is 7.30. The monoisotopic (exact) mass is 392 g/mol. The van der Waals surface area contributed by atoms with Gasteiger partial charge in [0.2, 0.25) is 0 Å². The molecule has 0 aliphatic carbocycles. The molecule has 29 heavy (non-hydrogen) atoms. The maximum Gasteiger partial charge on any atom is 0.322 e. The third-order valence-corrected chi connectivity index (χ3v) is 5.33. The van der Waals surface area contributed by atoms with Crippen LogP contribution in [0.2, 0.25) is 0 Å². The summed E-state index contributed by atoms with van der Waals surface area (Å²) < 4.78 is 4.96. The summed E-state index contributed by atoms with van der Waals surface area (Å²) in [6.45, 7) is 1.94. The first kappa shape index (κ1) is 19.3. The summed E-state index contributed by atoms with van der Waals surface area (Å²) in [7, 11) is 1.53. The predicted octanol–water partition coefficient (Wildman–Crippen LogP) is 2.59. The minimum absolute atomic E-state index is 0.0591. The SMILES string of the molecule is COCC(=O)C1CC(c2ccc(NC(=O)N3Cc4ccncc4C3)cc2)=CCN1. The summed E-state index contributed by atoms with van der Waals surface area (Å²) in [6, 6.07) is 9.36. The van der Waals surface area contributed by atoms with E-state index in [1.54, 1.807) is 11.1 Å². The zero-order valence-electron chi connectivity index (χ0n) is 16.4. The summed E-state index contributed by atoms with van der Waals surface area (Å²) >= 11 is 0. The number of ketones is 1. The number of pyridine rings is 1. The Morgan fingerprint density at radius 3 is 2.76 bits per heavy atom. The van der Waals surface area contributed by atoms with Gasteiger partial charge in [0.15, 0.2) is 5.78 Å². The van der Waals surface area contributed by atoms with Crippen molar-refractivity contribution in [3.8, 4) is 0 Å². The number of Topliss-reactive ketones (excluding diaryl/α,β-unsaturated/α-hetero) is 1. The molecule has 2 amide bonds. The third kappa shape index (κ3) is 4.36. The van der Waals surface area contributed by atoms with E-state index < -0.39 is 0 Å². The van der Waals surface area contributed by atoms with Crippen molar-refractivity contribution in [1.82, 2.24) is 15.2 Å². The van der Waals surface area contributed by atoms with Gasteiger partial charge in [0.25, 0.3) is 0 Å². The average molecular weight is 392 g/mol. The van der Waals surface area contributed by atoms with Gasteiger partial charge in [-0.05, 0) is 46.9 Å². The zero-order valence-corrected chi connectivity index (χ0v) is 16.4. The molecular formula is C22H24N4O3. The molecule has 1 aromatic carbocycles. The van der Waals surface area contributed by atoms with Crippen LogP contribution in [0, 0.1) is 0 Å². The maximum absolute atomic E-state index is 12.6. The van der Waals surface area contributed by atoms with E-state index in [-0.39, 0.29) is 24.5 Å². The number of benzene rings is 1. The Morgan fingerprint density at radius 1 is 1.21 bits per heavy atom. The summed E-state index contributed by atoms with van der Waals surface area (Å²) in [5.41, 5.74) is 5.15. The van der Waals surface area contributed by atoms with Crippen molar-refractivity contribution >= 4 is 23.1 Å². The van der Waals surface area contributed by atoms with Crippen molar-refractivity contribution in [2.75, 3.05) is 25.6 Å². The third-order valence-electron chi connectivity index (χ3n) is 5.33. The van der Waals surface area contributed by atoms with Crippen LogP contribution in [-0.2, 0) is 22.6 Å². The summed E-state index contributed by atoms with van der Waals surface area (Å²) in [5.74, 6) is 0.0591. The lowest BCUT2D eigenvalue weighted by molar-refractivity contribution is -0.124. The molecule has 0 bridgehead atoms. The molecule has 1 aromatic heterocycles. The second kappa shape index (κ2) is 8.55. The van der Waals surface area contributed by atoms with Crippen LogP contribution >= 0.6 is 0 Å². The molecule has 0 radical (unpaired) electrons. The number of ether oxygens (including phenoxy) is 1. The van der Waals surface area contributed by atoms with E-state index in [2.05, 4.69) is 21.7 Å². The summed E-state index contributed by atoms with van der Waals surface area (Å²) in [5, 5.41) is 6.16. The van der Waals surface area contributed by atoms with E-state index in [9.17, 15) is 9.59 Å². The molecule has 150 valence electrons. The Balaban J connectivity index is 1.37. The van der Waals surface area contributed by atoms with Crippen LogP contribution in [0.5, 0.6) is 0 Å². The molecule has 1 atom stereocenters. The first-order valence-electron chi connectivity index (χ1n) is 9.66. The number of methoxy groups -OCH3 is 1. The smallest absolute Gasteiger partial charge is 0.322 e. The fourth-order valence-corrected chi connectivity index (χ4v) is 3.74. The van der Waals surface area contributed by atoms with Gasteiger partial charge < -0.3 is 20.3 Å². The van der Waals surface area contributed by atoms with Crippen LogP contribution in [0.4, 0.5) is 10.5 Å². The van der Waals surface area contributed by atoms with E-state index >= 15 is 0 Å². The second-order valence-corrected chi connectivity index (χ2v) is 7.30. The number of hydrogen-bond acceptors (Lipinski definition) is 5. The molecule has 7 nitrogen and oxygen atoms in total. The Morgan fingerprint density at radius 2 is 2.00 bits per heavy atom. The number of nitrogens with zero attached hydrogens (tertiary/aromatic N) is 2. The lowest BCUT2D eigenvalue weighted by Crippen LogP contribution is -2.41. The maximum atomic E-state index is 12.6. The molecule has 2 aliphatic rings. The van der Waals surface area contributed by atoms with Gasteiger partial charge >= 0.3 is 6.03 Å².